The van der Waals surface area contributed by atoms with Crippen LogP contribution in [0.25, 0.3) is 0 Å². The van der Waals surface area contributed by atoms with Crippen LogP contribution in [-0.4, -0.2) is 50.3 Å². The molecule has 170 valence electrons. The molecule has 1 amide bonds. The maximum absolute atomic E-state index is 13.4. The Morgan fingerprint density at radius 1 is 1.12 bits per heavy atom. The van der Waals surface area contributed by atoms with E-state index in [4.69, 9.17) is 4.74 Å². The van der Waals surface area contributed by atoms with Gasteiger partial charge >= 0.3 is 0 Å². The van der Waals surface area contributed by atoms with Crippen LogP contribution in [0.15, 0.2) is 47.4 Å². The number of ether oxygens (including phenoxy) is 1. The first-order valence-electron chi connectivity index (χ1n) is 10.5. The zero-order chi connectivity index (χ0) is 22.9. The van der Waals surface area contributed by atoms with Gasteiger partial charge in [-0.3, -0.25) is 14.9 Å². The summed E-state index contributed by atoms with van der Waals surface area (Å²) in [6.07, 6.45) is 2.89. The van der Waals surface area contributed by atoms with Crippen molar-refractivity contribution in [2.24, 2.45) is 5.92 Å². The first-order valence-corrected chi connectivity index (χ1v) is 12.0. The molecule has 1 atom stereocenters. The Bertz CT molecular complexity index is 1130. The fourth-order valence-electron chi connectivity index (χ4n) is 4.40. The molecule has 4 rings (SSSR count). The summed E-state index contributed by atoms with van der Waals surface area (Å²) >= 11 is 0. The van der Waals surface area contributed by atoms with Gasteiger partial charge in [0.25, 0.3) is 5.69 Å². The number of piperidine rings is 1. The Hall–Kier alpha value is -2.98. The van der Waals surface area contributed by atoms with Crippen LogP contribution in [0.4, 0.5) is 11.4 Å². The average molecular weight is 460 g/mol. The minimum Gasteiger partial charge on any atom is -0.497 e. The molecule has 2 aromatic rings. The lowest BCUT2D eigenvalue weighted by atomic mass is 9.95. The first-order chi connectivity index (χ1) is 15.3. The number of nitro benzene ring substituents is 1. The summed E-state index contributed by atoms with van der Waals surface area (Å²) in [4.78, 5) is 25.4. The predicted octanol–water partition coefficient (Wildman–Crippen LogP) is 2.98. The van der Waals surface area contributed by atoms with Gasteiger partial charge in [-0.25, -0.2) is 8.42 Å². The zero-order valence-electron chi connectivity index (χ0n) is 17.8. The fourth-order valence-corrected chi connectivity index (χ4v) is 5.92. The first kappa shape index (κ1) is 22.2. The SMILES string of the molecule is COc1ccc2c(c1)CCCN2C(=O)C1CCCN(S(=O)(=O)c2ccc([N+](=O)[O-])cc2)C1. The van der Waals surface area contributed by atoms with Crippen molar-refractivity contribution in [1.82, 2.24) is 4.31 Å². The number of aryl methyl sites for hydroxylation is 1. The van der Waals surface area contributed by atoms with E-state index in [1.807, 2.05) is 18.2 Å². The second-order valence-corrected chi connectivity index (χ2v) is 9.98. The number of amides is 1. The maximum Gasteiger partial charge on any atom is 0.269 e. The number of hydrogen-bond acceptors (Lipinski definition) is 6. The highest BCUT2D eigenvalue weighted by Gasteiger charge is 2.36. The molecular formula is C22H25N3O6S. The molecule has 9 nitrogen and oxygen atoms in total. The number of rotatable bonds is 5. The van der Waals surface area contributed by atoms with E-state index in [-0.39, 0.29) is 23.0 Å². The third-order valence-electron chi connectivity index (χ3n) is 6.09. The van der Waals surface area contributed by atoms with Crippen molar-refractivity contribution in [3.8, 4) is 5.75 Å². The smallest absolute Gasteiger partial charge is 0.269 e. The Balaban J connectivity index is 1.53. The van der Waals surface area contributed by atoms with E-state index in [1.54, 1.807) is 12.0 Å². The van der Waals surface area contributed by atoms with Crippen molar-refractivity contribution in [2.45, 2.75) is 30.6 Å². The molecule has 0 aliphatic carbocycles. The maximum atomic E-state index is 13.4. The lowest BCUT2D eigenvalue weighted by Crippen LogP contribution is -2.48. The van der Waals surface area contributed by atoms with Gasteiger partial charge in [-0.15, -0.1) is 0 Å². The monoisotopic (exact) mass is 459 g/mol. The Morgan fingerprint density at radius 2 is 1.88 bits per heavy atom. The number of anilines is 1. The third-order valence-corrected chi connectivity index (χ3v) is 7.97. The summed E-state index contributed by atoms with van der Waals surface area (Å²) in [6.45, 7) is 1.01. The number of nitro groups is 1. The van der Waals surface area contributed by atoms with Crippen LogP contribution in [0, 0.1) is 16.0 Å². The van der Waals surface area contributed by atoms with Crippen LogP contribution in [0.5, 0.6) is 5.75 Å². The standard InChI is InChI=1S/C22H25N3O6S/c1-31-19-8-11-21-16(14-19)4-3-13-24(21)22(26)17-5-2-12-23(15-17)32(29,30)20-9-6-18(7-10-20)25(27)28/h6-11,14,17H,2-5,12-13,15H2,1H3. The van der Waals surface area contributed by atoms with Crippen molar-refractivity contribution in [2.75, 3.05) is 31.6 Å². The molecule has 0 spiro atoms. The number of non-ortho nitro benzene ring substituents is 1. The molecular weight excluding hydrogens is 434 g/mol. The third kappa shape index (κ3) is 4.20. The number of carbonyl (C=O) groups is 1. The van der Waals surface area contributed by atoms with Crippen molar-refractivity contribution in [3.05, 3.63) is 58.1 Å². The quantitative estimate of drug-likeness (QED) is 0.502. The van der Waals surface area contributed by atoms with Gasteiger partial charge < -0.3 is 9.64 Å². The van der Waals surface area contributed by atoms with E-state index in [2.05, 4.69) is 0 Å². The number of hydrogen-bond donors (Lipinski definition) is 0. The summed E-state index contributed by atoms with van der Waals surface area (Å²) in [7, 11) is -2.24. The van der Waals surface area contributed by atoms with Gasteiger partial charge in [0, 0.05) is 37.5 Å². The second kappa shape index (κ2) is 8.87. The molecule has 2 aromatic carbocycles. The van der Waals surface area contributed by atoms with Gasteiger partial charge in [-0.05, 0) is 61.6 Å². The largest absolute Gasteiger partial charge is 0.497 e. The molecule has 2 aliphatic rings. The minimum atomic E-state index is -3.85. The highest BCUT2D eigenvalue weighted by atomic mass is 32.2. The van der Waals surface area contributed by atoms with Crippen LogP contribution in [0.1, 0.15) is 24.8 Å². The number of nitrogens with zero attached hydrogens (tertiary/aromatic N) is 3. The van der Waals surface area contributed by atoms with Gasteiger partial charge in [0.15, 0.2) is 0 Å². The summed E-state index contributed by atoms with van der Waals surface area (Å²) in [6, 6.07) is 10.5. The number of methoxy groups -OCH3 is 1. The number of sulfonamides is 1. The highest BCUT2D eigenvalue weighted by molar-refractivity contribution is 7.89. The molecule has 0 aromatic heterocycles. The summed E-state index contributed by atoms with van der Waals surface area (Å²) in [5, 5.41) is 10.9. The van der Waals surface area contributed by atoms with Crippen LogP contribution in [-0.2, 0) is 21.2 Å². The molecule has 0 radical (unpaired) electrons. The molecule has 2 heterocycles. The Kier molecular flexibility index (Phi) is 6.16. The Labute approximate surface area is 186 Å². The van der Waals surface area contributed by atoms with Crippen LogP contribution < -0.4 is 9.64 Å². The van der Waals surface area contributed by atoms with Crippen molar-refractivity contribution < 1.29 is 22.9 Å². The lowest BCUT2D eigenvalue weighted by Gasteiger charge is -2.36. The normalized spacial score (nSPS) is 19.3. The summed E-state index contributed by atoms with van der Waals surface area (Å²) < 4.78 is 32.8. The molecule has 0 N–H and O–H groups in total. The zero-order valence-corrected chi connectivity index (χ0v) is 18.6. The van der Waals surface area contributed by atoms with E-state index < -0.39 is 20.9 Å². The molecule has 1 saturated heterocycles. The van der Waals surface area contributed by atoms with Gasteiger partial charge in [0.2, 0.25) is 15.9 Å². The van der Waals surface area contributed by atoms with Crippen molar-refractivity contribution >= 4 is 27.3 Å². The molecule has 1 fully saturated rings. The van der Waals surface area contributed by atoms with Crippen LogP contribution >= 0.6 is 0 Å². The van der Waals surface area contributed by atoms with E-state index in [0.29, 0.717) is 25.9 Å². The van der Waals surface area contributed by atoms with E-state index in [9.17, 15) is 23.3 Å². The van der Waals surface area contributed by atoms with E-state index in [0.717, 1.165) is 29.8 Å². The summed E-state index contributed by atoms with van der Waals surface area (Å²) in [5.41, 5.74) is 1.74. The Morgan fingerprint density at radius 3 is 2.56 bits per heavy atom. The average Bonchev–Trinajstić information content (AvgIpc) is 2.83. The van der Waals surface area contributed by atoms with Gasteiger partial charge in [0.05, 0.1) is 22.8 Å². The minimum absolute atomic E-state index is 0.00777. The highest BCUT2D eigenvalue weighted by Crippen LogP contribution is 2.33. The fraction of sp³-hybridized carbons (Fsp3) is 0.409. The molecule has 10 heteroatoms. The van der Waals surface area contributed by atoms with Gasteiger partial charge in [0.1, 0.15) is 5.75 Å². The number of carbonyl (C=O) groups excluding carboxylic acids is 1. The topological polar surface area (TPSA) is 110 Å². The van der Waals surface area contributed by atoms with E-state index >= 15 is 0 Å². The molecule has 0 saturated carbocycles. The lowest BCUT2D eigenvalue weighted by molar-refractivity contribution is -0.384. The number of benzene rings is 2. The molecule has 0 bridgehead atoms. The summed E-state index contributed by atoms with van der Waals surface area (Å²) in [5.74, 6) is 0.237. The predicted molar refractivity (Wildman–Crippen MR) is 118 cm³/mol. The van der Waals surface area contributed by atoms with Gasteiger partial charge in [-0.2, -0.15) is 4.31 Å². The molecule has 2 aliphatic heterocycles. The van der Waals surface area contributed by atoms with Crippen molar-refractivity contribution in [3.63, 3.8) is 0 Å². The number of fused-ring (bicyclic) bond motifs is 1. The van der Waals surface area contributed by atoms with Crippen molar-refractivity contribution in [1.29, 1.82) is 0 Å². The van der Waals surface area contributed by atoms with Crippen LogP contribution in [0.3, 0.4) is 0 Å². The van der Waals surface area contributed by atoms with Gasteiger partial charge in [-0.1, -0.05) is 0 Å². The molecule has 32 heavy (non-hydrogen) atoms. The van der Waals surface area contributed by atoms with Crippen LogP contribution in [0.2, 0.25) is 0 Å². The molecule has 1 unspecified atom stereocenters. The second-order valence-electron chi connectivity index (χ2n) is 8.04. The van der Waals surface area contributed by atoms with E-state index in [1.165, 1.54) is 28.6 Å².